The summed E-state index contributed by atoms with van der Waals surface area (Å²) >= 11 is 1.59. The molecule has 0 aliphatic carbocycles. The van der Waals surface area contributed by atoms with Crippen LogP contribution in [-0.2, 0) is 19.5 Å². The average molecular weight is 392 g/mol. The van der Waals surface area contributed by atoms with Gasteiger partial charge in [0.05, 0.1) is 23.2 Å². The molecule has 0 saturated carbocycles. The molecule has 6 nitrogen and oxygen atoms in total. The lowest BCUT2D eigenvalue weighted by molar-refractivity contribution is 0.242. The van der Waals surface area contributed by atoms with Crippen molar-refractivity contribution >= 4 is 22.2 Å². The van der Waals surface area contributed by atoms with E-state index >= 15 is 0 Å². The average Bonchev–Trinajstić information content (AvgIpc) is 3.38. The van der Waals surface area contributed by atoms with Crippen molar-refractivity contribution in [3.05, 3.63) is 69.1 Å². The maximum Gasteiger partial charge on any atom is 0.255 e. The lowest BCUT2D eigenvalue weighted by Crippen LogP contribution is -2.35. The van der Waals surface area contributed by atoms with E-state index in [0.717, 1.165) is 52.3 Å². The van der Waals surface area contributed by atoms with Crippen LogP contribution in [0.1, 0.15) is 16.8 Å². The second-order valence-corrected chi connectivity index (χ2v) is 7.95. The van der Waals surface area contributed by atoms with Crippen LogP contribution in [-0.4, -0.2) is 33.5 Å². The van der Waals surface area contributed by atoms with Crippen LogP contribution in [0, 0.1) is 0 Å². The Morgan fingerprint density at radius 1 is 1.32 bits per heavy atom. The third-order valence-electron chi connectivity index (χ3n) is 5.27. The van der Waals surface area contributed by atoms with Gasteiger partial charge in [0.25, 0.3) is 5.56 Å². The lowest BCUT2D eigenvalue weighted by atomic mass is 10.1. The minimum Gasteiger partial charge on any atom is -0.497 e. The Labute approximate surface area is 165 Å². The Morgan fingerprint density at radius 2 is 2.25 bits per heavy atom. The zero-order valence-electron chi connectivity index (χ0n) is 15.5. The summed E-state index contributed by atoms with van der Waals surface area (Å²) in [4.78, 5) is 27.0. The van der Waals surface area contributed by atoms with E-state index in [9.17, 15) is 4.79 Å². The predicted octanol–water partition coefficient (Wildman–Crippen LogP) is 3.55. The van der Waals surface area contributed by atoms with Gasteiger partial charge in [-0.05, 0) is 35.2 Å². The van der Waals surface area contributed by atoms with Crippen molar-refractivity contribution in [1.82, 2.24) is 19.9 Å². The first kappa shape index (κ1) is 17.2. The van der Waals surface area contributed by atoms with Crippen molar-refractivity contribution in [3.63, 3.8) is 0 Å². The van der Waals surface area contributed by atoms with Gasteiger partial charge in [-0.2, -0.15) is 0 Å². The highest BCUT2D eigenvalue weighted by Crippen LogP contribution is 2.27. The molecule has 0 saturated heterocycles. The van der Waals surface area contributed by atoms with Gasteiger partial charge in [0.1, 0.15) is 5.75 Å². The van der Waals surface area contributed by atoms with Crippen LogP contribution in [0.25, 0.3) is 21.6 Å². The molecule has 2 N–H and O–H groups in total. The van der Waals surface area contributed by atoms with E-state index in [2.05, 4.69) is 20.9 Å². The molecule has 0 spiro atoms. The van der Waals surface area contributed by atoms with Crippen LogP contribution in [0.3, 0.4) is 0 Å². The first-order chi connectivity index (χ1) is 13.7. The van der Waals surface area contributed by atoms with Gasteiger partial charge < -0.3 is 14.7 Å². The zero-order valence-corrected chi connectivity index (χ0v) is 16.3. The molecule has 4 heterocycles. The predicted molar refractivity (Wildman–Crippen MR) is 111 cm³/mol. The Bertz CT molecular complexity index is 1190. The third kappa shape index (κ3) is 3.02. The molecule has 142 valence electrons. The molecular formula is C21H20N4O2S. The van der Waals surface area contributed by atoms with E-state index in [1.807, 2.05) is 35.8 Å². The standard InChI is InChI=1S/C21H20N4O2S/c1-27-14-4-5-17-15(9-14)13(10-22-17)11-25-7-6-18-16(12-25)21(26)24-20(23-18)19-3-2-8-28-19/h2-5,8-10,22H,6-7,11-12H2,1H3,(H,23,24,26). The fourth-order valence-electron chi connectivity index (χ4n) is 3.80. The maximum absolute atomic E-state index is 12.7. The molecule has 0 unspecified atom stereocenters. The van der Waals surface area contributed by atoms with Crippen LogP contribution >= 0.6 is 11.3 Å². The number of nitrogens with zero attached hydrogens (tertiary/aromatic N) is 2. The van der Waals surface area contributed by atoms with E-state index in [1.165, 1.54) is 5.56 Å². The van der Waals surface area contributed by atoms with Gasteiger partial charge in [-0.1, -0.05) is 6.07 Å². The van der Waals surface area contributed by atoms with E-state index < -0.39 is 0 Å². The normalized spacial score (nSPS) is 14.3. The van der Waals surface area contributed by atoms with E-state index in [0.29, 0.717) is 12.4 Å². The number of hydrogen-bond donors (Lipinski definition) is 2. The van der Waals surface area contributed by atoms with Crippen LogP contribution in [0.15, 0.2) is 46.7 Å². The fraction of sp³-hybridized carbons (Fsp3) is 0.238. The van der Waals surface area contributed by atoms with Gasteiger partial charge >= 0.3 is 0 Å². The number of rotatable bonds is 4. The minimum atomic E-state index is -0.0290. The molecule has 0 bridgehead atoms. The highest BCUT2D eigenvalue weighted by molar-refractivity contribution is 7.13. The minimum absolute atomic E-state index is 0.0290. The monoisotopic (exact) mass is 392 g/mol. The summed E-state index contributed by atoms with van der Waals surface area (Å²) < 4.78 is 5.36. The van der Waals surface area contributed by atoms with Crippen molar-refractivity contribution in [3.8, 4) is 16.5 Å². The first-order valence-corrected chi connectivity index (χ1v) is 10.1. The third-order valence-corrected chi connectivity index (χ3v) is 6.15. The summed E-state index contributed by atoms with van der Waals surface area (Å²) in [5.74, 6) is 1.52. The second-order valence-electron chi connectivity index (χ2n) is 7.00. The quantitative estimate of drug-likeness (QED) is 0.557. The van der Waals surface area contributed by atoms with Crippen molar-refractivity contribution in [2.24, 2.45) is 0 Å². The summed E-state index contributed by atoms with van der Waals surface area (Å²) in [6.07, 6.45) is 2.82. The molecule has 4 aromatic rings. The summed E-state index contributed by atoms with van der Waals surface area (Å²) in [6, 6.07) is 9.99. The summed E-state index contributed by atoms with van der Waals surface area (Å²) in [5.41, 5.74) is 3.97. The number of thiophene rings is 1. The topological polar surface area (TPSA) is 74.0 Å². The van der Waals surface area contributed by atoms with Crippen LogP contribution in [0.5, 0.6) is 5.75 Å². The number of aromatic nitrogens is 3. The van der Waals surface area contributed by atoms with Crippen molar-refractivity contribution in [2.75, 3.05) is 13.7 Å². The number of H-pyrrole nitrogens is 2. The van der Waals surface area contributed by atoms with Gasteiger partial charge in [0, 0.05) is 43.2 Å². The SMILES string of the molecule is COc1ccc2[nH]cc(CN3CCc4nc(-c5cccs5)[nH]c(=O)c4C3)c2c1. The van der Waals surface area contributed by atoms with Gasteiger partial charge in [0.15, 0.2) is 5.82 Å². The Balaban J connectivity index is 1.41. The molecule has 28 heavy (non-hydrogen) atoms. The second kappa shape index (κ2) is 6.92. The smallest absolute Gasteiger partial charge is 0.255 e. The summed E-state index contributed by atoms with van der Waals surface area (Å²) in [7, 11) is 1.68. The van der Waals surface area contributed by atoms with Gasteiger partial charge in [-0.15, -0.1) is 11.3 Å². The molecule has 7 heteroatoms. The molecule has 0 atom stereocenters. The first-order valence-electron chi connectivity index (χ1n) is 9.23. The number of aromatic amines is 2. The molecule has 0 amide bonds. The Hall–Kier alpha value is -2.90. The van der Waals surface area contributed by atoms with Crippen LogP contribution in [0.4, 0.5) is 0 Å². The largest absolute Gasteiger partial charge is 0.497 e. The molecule has 0 radical (unpaired) electrons. The number of nitrogens with one attached hydrogen (secondary N) is 2. The van der Waals surface area contributed by atoms with Gasteiger partial charge in [0.2, 0.25) is 0 Å². The van der Waals surface area contributed by atoms with Gasteiger partial charge in [-0.3, -0.25) is 9.69 Å². The molecule has 5 rings (SSSR count). The number of fused-ring (bicyclic) bond motifs is 2. The summed E-state index contributed by atoms with van der Waals surface area (Å²) in [5, 5.41) is 3.15. The van der Waals surface area contributed by atoms with E-state index in [4.69, 9.17) is 9.72 Å². The summed E-state index contributed by atoms with van der Waals surface area (Å²) in [6.45, 7) is 2.27. The molecule has 1 aromatic carbocycles. The molecule has 3 aromatic heterocycles. The molecule has 1 aliphatic heterocycles. The highest BCUT2D eigenvalue weighted by Gasteiger charge is 2.22. The van der Waals surface area contributed by atoms with E-state index in [-0.39, 0.29) is 5.56 Å². The lowest BCUT2D eigenvalue weighted by Gasteiger charge is -2.27. The number of ether oxygens (including phenoxy) is 1. The van der Waals surface area contributed by atoms with Crippen molar-refractivity contribution < 1.29 is 4.74 Å². The number of hydrogen-bond acceptors (Lipinski definition) is 5. The molecule has 0 fully saturated rings. The molecular weight excluding hydrogens is 372 g/mol. The molecule has 1 aliphatic rings. The van der Waals surface area contributed by atoms with Crippen LogP contribution < -0.4 is 10.3 Å². The van der Waals surface area contributed by atoms with Crippen molar-refractivity contribution in [1.29, 1.82) is 0 Å². The Kier molecular flexibility index (Phi) is 4.26. The number of methoxy groups -OCH3 is 1. The maximum atomic E-state index is 12.7. The van der Waals surface area contributed by atoms with Crippen LogP contribution in [0.2, 0.25) is 0 Å². The highest BCUT2D eigenvalue weighted by atomic mass is 32.1. The Morgan fingerprint density at radius 3 is 3.07 bits per heavy atom. The zero-order chi connectivity index (χ0) is 19.1. The van der Waals surface area contributed by atoms with Gasteiger partial charge in [-0.25, -0.2) is 4.98 Å². The fourth-order valence-corrected chi connectivity index (χ4v) is 4.47. The van der Waals surface area contributed by atoms with E-state index in [1.54, 1.807) is 18.4 Å². The van der Waals surface area contributed by atoms with Crippen molar-refractivity contribution in [2.45, 2.75) is 19.5 Å². The number of benzene rings is 1.